The highest BCUT2D eigenvalue weighted by molar-refractivity contribution is 9.10. The summed E-state index contributed by atoms with van der Waals surface area (Å²) in [6.07, 6.45) is 1.61. The van der Waals surface area contributed by atoms with Gasteiger partial charge >= 0.3 is 0 Å². The number of halogens is 2. The van der Waals surface area contributed by atoms with E-state index in [0.29, 0.717) is 0 Å². The van der Waals surface area contributed by atoms with E-state index in [-0.39, 0.29) is 6.04 Å². The van der Waals surface area contributed by atoms with E-state index < -0.39 is 0 Å². The van der Waals surface area contributed by atoms with Crippen LogP contribution in [0.25, 0.3) is 0 Å². The van der Waals surface area contributed by atoms with Crippen LogP contribution in [0.2, 0.25) is 4.34 Å². The molecule has 0 aliphatic carbocycles. The zero-order valence-corrected chi connectivity index (χ0v) is 10.2. The molecule has 0 spiro atoms. The van der Waals surface area contributed by atoms with Crippen molar-refractivity contribution in [3.05, 3.63) is 43.9 Å². The lowest BCUT2D eigenvalue weighted by Gasteiger charge is -2.05. The van der Waals surface area contributed by atoms with Crippen LogP contribution < -0.4 is 5.73 Å². The van der Waals surface area contributed by atoms with Crippen LogP contribution in [0.5, 0.6) is 0 Å². The topological polar surface area (TPSA) is 39.2 Å². The number of hydrogen-bond donors (Lipinski definition) is 1. The molecule has 0 fully saturated rings. The van der Waals surface area contributed by atoms with E-state index >= 15 is 0 Å². The van der Waals surface area contributed by atoms with E-state index in [1.165, 1.54) is 11.3 Å². The molecular weight excluding hydrogens is 286 g/mol. The smallest absolute Gasteiger partial charge is 0.139 e. The standard InChI is InChI=1S/C9H7BrClNOS/c10-5-3-4-13-9(5)8(12)6-1-2-7(11)14-6/h1-4,8H,12H2. The average molecular weight is 293 g/mol. The Morgan fingerprint density at radius 1 is 1.43 bits per heavy atom. The number of furan rings is 1. The molecule has 2 N–H and O–H groups in total. The summed E-state index contributed by atoms with van der Waals surface area (Å²) in [7, 11) is 0. The maximum atomic E-state index is 6.00. The van der Waals surface area contributed by atoms with Gasteiger partial charge in [0.2, 0.25) is 0 Å². The van der Waals surface area contributed by atoms with Gasteiger partial charge in [0, 0.05) is 4.88 Å². The normalized spacial score (nSPS) is 13.1. The maximum absolute atomic E-state index is 6.00. The molecule has 1 unspecified atom stereocenters. The van der Waals surface area contributed by atoms with Crippen molar-refractivity contribution in [3.8, 4) is 0 Å². The summed E-state index contributed by atoms with van der Waals surface area (Å²) < 4.78 is 6.90. The molecular formula is C9H7BrClNOS. The first kappa shape index (κ1) is 10.2. The van der Waals surface area contributed by atoms with E-state index in [2.05, 4.69) is 15.9 Å². The number of nitrogens with two attached hydrogens (primary N) is 1. The van der Waals surface area contributed by atoms with Crippen LogP contribution in [0.15, 0.2) is 33.4 Å². The van der Waals surface area contributed by atoms with Gasteiger partial charge in [-0.2, -0.15) is 0 Å². The largest absolute Gasteiger partial charge is 0.466 e. The van der Waals surface area contributed by atoms with Crippen molar-refractivity contribution in [3.63, 3.8) is 0 Å². The van der Waals surface area contributed by atoms with Gasteiger partial charge in [-0.1, -0.05) is 11.6 Å². The Morgan fingerprint density at radius 2 is 2.21 bits per heavy atom. The van der Waals surface area contributed by atoms with Gasteiger partial charge < -0.3 is 10.2 Å². The third-order valence-electron chi connectivity index (χ3n) is 1.83. The first-order valence-electron chi connectivity index (χ1n) is 3.92. The molecule has 2 aromatic heterocycles. The summed E-state index contributed by atoms with van der Waals surface area (Å²) in [5.41, 5.74) is 6.00. The lowest BCUT2D eigenvalue weighted by atomic mass is 10.2. The lowest BCUT2D eigenvalue weighted by Crippen LogP contribution is -2.09. The molecule has 0 aliphatic rings. The van der Waals surface area contributed by atoms with Gasteiger partial charge in [0.05, 0.1) is 21.1 Å². The molecule has 1 atom stereocenters. The Labute approximate surface area is 98.8 Å². The zero-order valence-electron chi connectivity index (χ0n) is 7.04. The molecule has 0 saturated heterocycles. The summed E-state index contributed by atoms with van der Waals surface area (Å²) in [6.45, 7) is 0. The molecule has 2 nitrogen and oxygen atoms in total. The molecule has 2 aromatic rings. The quantitative estimate of drug-likeness (QED) is 0.914. The third-order valence-corrected chi connectivity index (χ3v) is 3.80. The molecule has 0 amide bonds. The monoisotopic (exact) mass is 291 g/mol. The van der Waals surface area contributed by atoms with E-state index in [1.807, 2.05) is 18.2 Å². The molecule has 2 heterocycles. The minimum absolute atomic E-state index is 0.253. The molecule has 2 rings (SSSR count). The van der Waals surface area contributed by atoms with Crippen molar-refractivity contribution >= 4 is 38.9 Å². The highest BCUT2D eigenvalue weighted by atomic mass is 79.9. The predicted molar refractivity (Wildman–Crippen MR) is 61.8 cm³/mol. The molecule has 0 bridgehead atoms. The minimum Gasteiger partial charge on any atom is -0.466 e. The minimum atomic E-state index is -0.253. The van der Waals surface area contributed by atoms with Crippen LogP contribution in [-0.2, 0) is 0 Å². The fourth-order valence-electron chi connectivity index (χ4n) is 1.15. The van der Waals surface area contributed by atoms with Gasteiger partial charge in [-0.05, 0) is 34.1 Å². The number of hydrogen-bond acceptors (Lipinski definition) is 3. The fourth-order valence-corrected chi connectivity index (χ4v) is 2.66. The second-order valence-corrected chi connectivity index (χ2v) is 5.35. The highest BCUT2D eigenvalue weighted by Crippen LogP contribution is 2.32. The Kier molecular flexibility index (Phi) is 2.97. The Hall–Kier alpha value is -0.290. The maximum Gasteiger partial charge on any atom is 0.139 e. The van der Waals surface area contributed by atoms with Crippen LogP contribution in [0.4, 0.5) is 0 Å². The van der Waals surface area contributed by atoms with Crippen LogP contribution >= 0.6 is 38.9 Å². The van der Waals surface area contributed by atoms with Crippen LogP contribution in [0.3, 0.4) is 0 Å². The van der Waals surface area contributed by atoms with Crippen molar-refractivity contribution in [1.29, 1.82) is 0 Å². The summed E-state index contributed by atoms with van der Waals surface area (Å²) in [5, 5.41) is 0. The Bertz CT molecular complexity index is 439. The molecule has 0 saturated carbocycles. The van der Waals surface area contributed by atoms with Crippen LogP contribution in [-0.4, -0.2) is 0 Å². The van der Waals surface area contributed by atoms with E-state index in [4.69, 9.17) is 21.8 Å². The third kappa shape index (κ3) is 1.88. The first-order valence-corrected chi connectivity index (χ1v) is 5.91. The van der Waals surface area contributed by atoms with E-state index in [9.17, 15) is 0 Å². The van der Waals surface area contributed by atoms with Crippen molar-refractivity contribution < 1.29 is 4.42 Å². The SMILES string of the molecule is NC(c1ccc(Cl)s1)c1occc1Br. The van der Waals surface area contributed by atoms with Crippen molar-refractivity contribution in [2.45, 2.75) is 6.04 Å². The second-order valence-electron chi connectivity index (χ2n) is 2.75. The van der Waals surface area contributed by atoms with Crippen LogP contribution in [0.1, 0.15) is 16.7 Å². The second kappa shape index (κ2) is 4.06. The molecule has 74 valence electrons. The summed E-state index contributed by atoms with van der Waals surface area (Å²) in [6, 6.07) is 5.31. The summed E-state index contributed by atoms with van der Waals surface area (Å²) in [4.78, 5) is 0.991. The van der Waals surface area contributed by atoms with Crippen molar-refractivity contribution in [1.82, 2.24) is 0 Å². The first-order chi connectivity index (χ1) is 6.68. The molecule has 0 aromatic carbocycles. The summed E-state index contributed by atoms with van der Waals surface area (Å²) in [5.74, 6) is 0.725. The van der Waals surface area contributed by atoms with E-state index in [0.717, 1.165) is 19.4 Å². The fraction of sp³-hybridized carbons (Fsp3) is 0.111. The Balaban J connectivity index is 2.33. The molecule has 5 heteroatoms. The number of thiophene rings is 1. The van der Waals surface area contributed by atoms with Gasteiger partial charge in [0.25, 0.3) is 0 Å². The van der Waals surface area contributed by atoms with Gasteiger partial charge in [-0.25, -0.2) is 0 Å². The van der Waals surface area contributed by atoms with Crippen molar-refractivity contribution in [2.24, 2.45) is 5.73 Å². The molecule has 0 aliphatic heterocycles. The Morgan fingerprint density at radius 3 is 2.71 bits per heavy atom. The van der Waals surface area contributed by atoms with Crippen LogP contribution in [0, 0.1) is 0 Å². The van der Waals surface area contributed by atoms with E-state index in [1.54, 1.807) is 6.26 Å². The predicted octanol–water partition coefficient (Wildman–Crippen LogP) is 3.81. The van der Waals surface area contributed by atoms with Crippen molar-refractivity contribution in [2.75, 3.05) is 0 Å². The summed E-state index contributed by atoms with van der Waals surface area (Å²) >= 11 is 10.7. The van der Waals surface area contributed by atoms with Gasteiger partial charge in [0.1, 0.15) is 5.76 Å². The van der Waals surface area contributed by atoms with Gasteiger partial charge in [-0.3, -0.25) is 0 Å². The average Bonchev–Trinajstić information content (AvgIpc) is 2.73. The lowest BCUT2D eigenvalue weighted by molar-refractivity contribution is 0.489. The number of rotatable bonds is 2. The van der Waals surface area contributed by atoms with Gasteiger partial charge in [0.15, 0.2) is 0 Å². The molecule has 0 radical (unpaired) electrons. The zero-order chi connectivity index (χ0) is 10.1. The molecule has 14 heavy (non-hydrogen) atoms. The highest BCUT2D eigenvalue weighted by Gasteiger charge is 2.17. The van der Waals surface area contributed by atoms with Gasteiger partial charge in [-0.15, -0.1) is 11.3 Å².